The van der Waals surface area contributed by atoms with Gasteiger partial charge in [0.2, 0.25) is 5.56 Å². The molecule has 30 heavy (non-hydrogen) atoms. The summed E-state index contributed by atoms with van der Waals surface area (Å²) >= 11 is 0. The van der Waals surface area contributed by atoms with Crippen molar-refractivity contribution in [1.82, 2.24) is 4.98 Å². The van der Waals surface area contributed by atoms with Crippen LogP contribution in [0.15, 0.2) is 35.1 Å². The molecule has 0 spiro atoms. The Morgan fingerprint density at radius 2 is 1.53 bits per heavy atom. The number of ether oxygens (including phenoxy) is 4. The summed E-state index contributed by atoms with van der Waals surface area (Å²) in [5, 5.41) is 27.5. The summed E-state index contributed by atoms with van der Waals surface area (Å²) < 4.78 is 19.1. The smallest absolute Gasteiger partial charge is 0.248 e. The van der Waals surface area contributed by atoms with Crippen molar-refractivity contribution in [2.24, 2.45) is 0 Å². The van der Waals surface area contributed by atoms with E-state index in [2.05, 4.69) is 28.7 Å². The molecule has 1 aromatic heterocycles. The van der Waals surface area contributed by atoms with Crippen LogP contribution >= 0.6 is 0 Å². The van der Waals surface area contributed by atoms with Gasteiger partial charge in [0, 0.05) is 25.3 Å². The van der Waals surface area contributed by atoms with E-state index in [0.29, 0.717) is 11.3 Å². The SMILES string of the molecule is [CH2-]OCC(O)COCCO.[CH2-]OCC(O)COc1ccc2ccc(=O)[nH]c2c1.[Rf].[Rf]. The van der Waals surface area contributed by atoms with Crippen LogP contribution in [0.25, 0.3) is 10.9 Å². The Morgan fingerprint density at radius 1 is 0.933 bits per heavy atom. The second kappa shape index (κ2) is 16.0. The Bertz CT molecular complexity index is 731. The number of nitrogens with one attached hydrogen (secondary N) is 1. The van der Waals surface area contributed by atoms with Gasteiger partial charge in [0.1, 0.15) is 18.5 Å². The third-order valence-electron chi connectivity index (χ3n) is 3.31. The zero-order chi connectivity index (χ0) is 20.8. The van der Waals surface area contributed by atoms with Gasteiger partial charge in [0.15, 0.2) is 0 Å². The Morgan fingerprint density at radius 3 is 2.13 bits per heavy atom. The third kappa shape index (κ3) is 11.0. The molecule has 11 heteroatoms. The Labute approximate surface area is 163 Å². The number of fused-ring (bicyclic) bond motifs is 1. The largest absolute Gasteiger partial charge is 0.553 e. The second-order valence-corrected chi connectivity index (χ2v) is 5.73. The van der Waals surface area contributed by atoms with Crippen molar-refractivity contribution in [2.75, 3.05) is 39.6 Å². The van der Waals surface area contributed by atoms with E-state index >= 15 is 0 Å². The van der Waals surface area contributed by atoms with Crippen molar-refractivity contribution in [1.29, 1.82) is 0 Å². The van der Waals surface area contributed by atoms with Gasteiger partial charge in [0.25, 0.3) is 0 Å². The van der Waals surface area contributed by atoms with Crippen LogP contribution in [-0.4, -0.2) is 72.2 Å². The second-order valence-electron chi connectivity index (χ2n) is 5.73. The van der Waals surface area contributed by atoms with Crippen molar-refractivity contribution >= 4 is 10.9 Å². The molecule has 1 heterocycles. The van der Waals surface area contributed by atoms with E-state index in [1.165, 1.54) is 6.07 Å². The van der Waals surface area contributed by atoms with Gasteiger partial charge >= 0.3 is 0 Å². The molecule has 0 aliphatic rings. The average molecular weight is 931 g/mol. The fraction of sp³-hybridized carbons (Fsp3) is 0.421. The van der Waals surface area contributed by atoms with E-state index < -0.39 is 12.2 Å². The molecule has 9 nitrogen and oxygen atoms in total. The molecule has 2 rings (SSSR count). The molecule has 0 aliphatic carbocycles. The first-order valence-corrected chi connectivity index (χ1v) is 8.54. The maximum Gasteiger partial charge on any atom is 0.248 e. The number of aliphatic hydroxyl groups excluding tert-OH is 3. The summed E-state index contributed by atoms with van der Waals surface area (Å²) in [5.41, 5.74) is 0.535. The average Bonchev–Trinajstić information content (AvgIpc) is 2.67. The van der Waals surface area contributed by atoms with Gasteiger partial charge < -0.3 is 39.3 Å². The van der Waals surface area contributed by atoms with Crippen LogP contribution in [0, 0.1) is 14.2 Å². The van der Waals surface area contributed by atoms with E-state index in [1.807, 2.05) is 6.07 Å². The topological polar surface area (TPSA) is 130 Å². The minimum Gasteiger partial charge on any atom is -0.553 e. The maximum atomic E-state index is 11.2. The Balaban J connectivity index is 0. The van der Waals surface area contributed by atoms with E-state index in [-0.39, 0.29) is 45.2 Å². The van der Waals surface area contributed by atoms with Crippen LogP contribution in [0.4, 0.5) is 0 Å². The number of rotatable bonds is 11. The van der Waals surface area contributed by atoms with Crippen molar-refractivity contribution in [3.05, 3.63) is 54.9 Å². The Hall–Kier alpha value is -4.01. The molecular formula is C19H27NO8Rf2-2. The normalized spacial score (nSPS) is 12.0. The number of pyridine rings is 1. The van der Waals surface area contributed by atoms with Gasteiger partial charge in [-0.25, -0.2) is 14.2 Å². The molecule has 1 aromatic carbocycles. The third-order valence-corrected chi connectivity index (χ3v) is 3.31. The predicted molar refractivity (Wildman–Crippen MR) is 103 cm³/mol. The molecule has 0 saturated carbocycles. The molecule has 0 bridgehead atoms. The van der Waals surface area contributed by atoms with Crippen molar-refractivity contribution in [3.8, 4) is 5.75 Å². The minimum absolute atomic E-state index is 0. The molecule has 0 radical (unpaired) electrons. The van der Waals surface area contributed by atoms with Crippen molar-refractivity contribution in [3.63, 3.8) is 0 Å². The van der Waals surface area contributed by atoms with E-state index in [0.717, 1.165) is 5.39 Å². The van der Waals surface area contributed by atoms with E-state index in [9.17, 15) is 9.90 Å². The molecular weight excluding hydrogens is 904 g/mol. The number of aromatic nitrogens is 1. The number of H-pyrrole nitrogens is 1. The van der Waals surface area contributed by atoms with Gasteiger partial charge in [-0.1, -0.05) is 0 Å². The fourth-order valence-corrected chi connectivity index (χ4v) is 2.06. The van der Waals surface area contributed by atoms with Crippen LogP contribution in [-0.2, 0) is 14.2 Å². The van der Waals surface area contributed by atoms with E-state index in [1.54, 1.807) is 18.2 Å². The van der Waals surface area contributed by atoms with Gasteiger partial charge in [-0.2, -0.15) is 0 Å². The summed E-state index contributed by atoms with van der Waals surface area (Å²) in [6.45, 7) is 0.774. The van der Waals surface area contributed by atoms with Crippen molar-refractivity contribution < 1.29 is 34.3 Å². The molecule has 2 atom stereocenters. The fourth-order valence-electron chi connectivity index (χ4n) is 2.06. The number of hydrogen-bond acceptors (Lipinski definition) is 8. The van der Waals surface area contributed by atoms with Gasteiger partial charge in [-0.05, 0) is 23.6 Å². The zero-order valence-corrected chi connectivity index (χ0v) is 29.8. The standard InChI is InChI=1S/C13H14NO4.C6H13O4.2Rf/c1-17-7-10(15)8-18-11-4-2-9-3-5-13(16)14-12(9)6-11;1-9-4-6(8)5-10-3-2-7;;/h2-6,10,15H,1,7-8H2,(H,14,16);6-8H,1-5H2;;/q2*-1;;. The molecule has 4 N–H and O–H groups in total. The first-order valence-electron chi connectivity index (χ1n) is 8.54. The number of aliphatic hydroxyl groups is 3. The molecule has 0 saturated heterocycles. The molecule has 2 unspecified atom stereocenters. The van der Waals surface area contributed by atoms with Gasteiger partial charge in [0.05, 0.1) is 31.4 Å². The molecule has 0 amide bonds. The monoisotopic (exact) mass is 931 g/mol. The van der Waals surface area contributed by atoms with Crippen molar-refractivity contribution in [2.45, 2.75) is 12.2 Å². The van der Waals surface area contributed by atoms with E-state index in [4.69, 9.17) is 19.7 Å². The molecule has 0 aliphatic heterocycles. The number of aromatic amines is 1. The quantitative estimate of drug-likeness (QED) is 0.187. The van der Waals surface area contributed by atoms with Crippen LogP contribution in [0.3, 0.4) is 0 Å². The summed E-state index contributed by atoms with van der Waals surface area (Å²) in [4.78, 5) is 13.9. The Kier molecular flexibility index (Phi) is 15.0. The van der Waals surface area contributed by atoms with Crippen LogP contribution in [0.1, 0.15) is 0 Å². The van der Waals surface area contributed by atoms with Crippen LogP contribution < -0.4 is 10.3 Å². The molecule has 2 aromatic rings. The molecule has 162 valence electrons. The minimum atomic E-state index is -0.729. The summed E-state index contributed by atoms with van der Waals surface area (Å²) in [7, 11) is 6.26. The first-order chi connectivity index (χ1) is 13.5. The van der Waals surface area contributed by atoms with Gasteiger partial charge in [-0.15, -0.1) is 0 Å². The predicted octanol–water partition coefficient (Wildman–Crippen LogP) is 0.240. The first kappa shape index (κ1) is 28.2. The van der Waals surface area contributed by atoms with Crippen LogP contribution in [0.2, 0.25) is 0 Å². The summed E-state index contributed by atoms with van der Waals surface area (Å²) in [5.74, 6) is 0.576. The van der Waals surface area contributed by atoms with Crippen LogP contribution in [0.5, 0.6) is 5.75 Å². The number of benzene rings is 1. The number of hydrogen-bond donors (Lipinski definition) is 4. The zero-order valence-electron chi connectivity index (χ0n) is 17.0. The maximum absolute atomic E-state index is 11.2. The summed E-state index contributed by atoms with van der Waals surface area (Å²) in [6, 6.07) is 8.54. The van der Waals surface area contributed by atoms with Gasteiger partial charge in [-0.3, -0.25) is 4.79 Å². The molecule has 0 fully saturated rings. The summed E-state index contributed by atoms with van der Waals surface area (Å²) in [6.07, 6.45) is -1.38.